The number of ether oxygens (including phenoxy) is 6. The number of thiazole rings is 1. The van der Waals surface area contributed by atoms with Crippen LogP contribution >= 0.6 is 49.9 Å². The number of rotatable bonds is 13. The van der Waals surface area contributed by atoms with Gasteiger partial charge in [-0.25, -0.2) is 14.6 Å². The maximum atomic E-state index is 14.3. The average molecular weight is 878 g/mol. The van der Waals surface area contributed by atoms with Gasteiger partial charge in [0.05, 0.1) is 52.8 Å². The number of nitrogens with zero attached hydrogens (tertiary/aromatic N) is 2. The number of hydrogen-bond acceptors (Lipinski definition) is 11. The summed E-state index contributed by atoms with van der Waals surface area (Å²) in [7, 11) is 2.84. The van der Waals surface area contributed by atoms with E-state index in [1.807, 2.05) is 43.3 Å². The van der Waals surface area contributed by atoms with Gasteiger partial charge < -0.3 is 28.4 Å². The Bertz CT molecular complexity index is 2130. The molecule has 262 valence electrons. The van der Waals surface area contributed by atoms with Gasteiger partial charge in [-0.1, -0.05) is 45.5 Å². The molecule has 0 saturated carbocycles. The zero-order chi connectivity index (χ0) is 35.9. The zero-order valence-corrected chi connectivity index (χ0v) is 32.5. The molecule has 4 aromatic rings. The van der Waals surface area contributed by atoms with E-state index in [1.54, 1.807) is 45.2 Å². The van der Waals surface area contributed by atoms with Gasteiger partial charge in [-0.3, -0.25) is 9.36 Å². The SMILES string of the molecule is CCOC(=O)C1=C(C)N=c2s/c(=C\c3cc(I)c(OCc4ccc(Br)cc4)c(OC)c3)c(=O)n2[C@@H]1c1ccc(OCC(=O)OC)c(OCC)c1. The van der Waals surface area contributed by atoms with Crippen molar-refractivity contribution in [3.8, 4) is 23.0 Å². The first-order valence-electron chi connectivity index (χ1n) is 15.5. The van der Waals surface area contributed by atoms with Gasteiger partial charge in [0.2, 0.25) is 0 Å². The fraction of sp³-hybridized carbons (Fsp3) is 0.278. The highest BCUT2D eigenvalue weighted by Gasteiger charge is 2.34. The fourth-order valence-corrected chi connectivity index (χ4v) is 7.33. The van der Waals surface area contributed by atoms with E-state index < -0.39 is 18.0 Å². The van der Waals surface area contributed by atoms with Gasteiger partial charge in [-0.05, 0) is 103 Å². The van der Waals surface area contributed by atoms with E-state index in [0.29, 0.717) is 56.8 Å². The molecule has 0 spiro atoms. The van der Waals surface area contributed by atoms with Gasteiger partial charge >= 0.3 is 11.9 Å². The van der Waals surface area contributed by atoms with Crippen molar-refractivity contribution in [2.24, 2.45) is 4.99 Å². The Balaban J connectivity index is 1.58. The fourth-order valence-electron chi connectivity index (χ4n) is 5.24. The predicted octanol–water partition coefficient (Wildman–Crippen LogP) is 5.70. The minimum atomic E-state index is -0.884. The van der Waals surface area contributed by atoms with Crippen molar-refractivity contribution in [3.63, 3.8) is 0 Å². The second-order valence-electron chi connectivity index (χ2n) is 10.8. The lowest BCUT2D eigenvalue weighted by Gasteiger charge is -2.25. The van der Waals surface area contributed by atoms with Crippen LogP contribution in [0.2, 0.25) is 0 Å². The summed E-state index contributed by atoms with van der Waals surface area (Å²) in [5.74, 6) is 0.604. The van der Waals surface area contributed by atoms with E-state index in [9.17, 15) is 14.4 Å². The molecule has 1 atom stereocenters. The third-order valence-electron chi connectivity index (χ3n) is 7.52. The Morgan fingerprint density at radius 2 is 1.74 bits per heavy atom. The highest BCUT2D eigenvalue weighted by atomic mass is 127. The topological polar surface area (TPSA) is 124 Å². The first-order valence-corrected chi connectivity index (χ1v) is 18.2. The van der Waals surface area contributed by atoms with E-state index >= 15 is 0 Å². The van der Waals surface area contributed by atoms with Crippen molar-refractivity contribution in [1.82, 2.24) is 4.57 Å². The van der Waals surface area contributed by atoms with Crippen LogP contribution in [0, 0.1) is 3.57 Å². The Morgan fingerprint density at radius 1 is 0.980 bits per heavy atom. The van der Waals surface area contributed by atoms with Gasteiger partial charge in [-0.15, -0.1) is 0 Å². The third kappa shape index (κ3) is 8.24. The highest BCUT2D eigenvalue weighted by Crippen LogP contribution is 2.37. The molecule has 0 radical (unpaired) electrons. The van der Waals surface area contributed by atoms with Crippen LogP contribution in [0.15, 0.2) is 80.1 Å². The van der Waals surface area contributed by atoms with Crippen molar-refractivity contribution < 1.29 is 38.0 Å². The second kappa shape index (κ2) is 16.7. The number of halogens is 2. The summed E-state index contributed by atoms with van der Waals surface area (Å²) in [6.07, 6.45) is 1.77. The smallest absolute Gasteiger partial charge is 0.343 e. The summed E-state index contributed by atoms with van der Waals surface area (Å²) < 4.78 is 37.1. The molecule has 11 nitrogen and oxygen atoms in total. The molecule has 1 aromatic heterocycles. The lowest BCUT2D eigenvalue weighted by molar-refractivity contribution is -0.143. The summed E-state index contributed by atoms with van der Waals surface area (Å²) >= 11 is 6.85. The molecule has 50 heavy (non-hydrogen) atoms. The zero-order valence-electron chi connectivity index (χ0n) is 27.9. The Hall–Kier alpha value is -4.15. The van der Waals surface area contributed by atoms with Crippen molar-refractivity contribution >= 4 is 67.9 Å². The molecule has 1 aliphatic heterocycles. The van der Waals surface area contributed by atoms with Crippen LogP contribution in [0.3, 0.4) is 0 Å². The lowest BCUT2D eigenvalue weighted by Crippen LogP contribution is -2.40. The van der Waals surface area contributed by atoms with Crippen molar-refractivity contribution in [1.29, 1.82) is 0 Å². The molecule has 0 N–H and O–H groups in total. The van der Waals surface area contributed by atoms with E-state index in [1.165, 1.54) is 23.0 Å². The standard InChI is InChI=1S/C36H34BrIN2O9S/c1-6-46-27-17-23(10-13-26(27)48-19-30(41)45-5)32-31(35(43)47-7-2)20(3)39-36-40(32)34(42)29(50-36)16-22-14-25(38)33(28(15-22)44-4)49-18-21-8-11-24(37)12-9-21/h8-17,32H,6-7,18-19H2,1-5H3/b29-16-/t32-/m1/s1. The molecule has 0 aliphatic carbocycles. The van der Waals surface area contributed by atoms with Gasteiger partial charge in [-0.2, -0.15) is 0 Å². The van der Waals surface area contributed by atoms with E-state index in [-0.39, 0.29) is 24.3 Å². The first kappa shape index (κ1) is 37.1. The molecule has 2 heterocycles. The van der Waals surface area contributed by atoms with Crippen LogP contribution < -0.4 is 33.8 Å². The number of fused-ring (bicyclic) bond motifs is 1. The highest BCUT2D eigenvalue weighted by molar-refractivity contribution is 14.1. The van der Waals surface area contributed by atoms with Gasteiger partial charge in [0.25, 0.3) is 5.56 Å². The minimum Gasteiger partial charge on any atom is -0.493 e. The monoisotopic (exact) mass is 876 g/mol. The number of methoxy groups -OCH3 is 2. The number of esters is 2. The molecule has 0 fully saturated rings. The second-order valence-corrected chi connectivity index (χ2v) is 13.8. The van der Waals surface area contributed by atoms with E-state index in [4.69, 9.17) is 28.4 Å². The molecule has 1 aliphatic rings. The van der Waals surface area contributed by atoms with Gasteiger partial charge in [0, 0.05) is 4.47 Å². The number of hydrogen-bond donors (Lipinski definition) is 0. The summed E-state index contributed by atoms with van der Waals surface area (Å²) in [6, 6.07) is 15.7. The average Bonchev–Trinajstić information content (AvgIpc) is 3.40. The Labute approximate surface area is 314 Å². The molecule has 0 bridgehead atoms. The largest absolute Gasteiger partial charge is 0.493 e. The molecule has 5 rings (SSSR count). The van der Waals surface area contributed by atoms with Crippen LogP contribution in [0.1, 0.15) is 43.5 Å². The molecule has 0 unspecified atom stereocenters. The first-order chi connectivity index (χ1) is 24.1. The maximum Gasteiger partial charge on any atom is 0.343 e. The van der Waals surface area contributed by atoms with Crippen molar-refractivity contribution in [3.05, 3.63) is 110 Å². The molecule has 3 aromatic carbocycles. The third-order valence-corrected chi connectivity index (χ3v) is 9.83. The quantitative estimate of drug-likeness (QED) is 0.123. The Kier molecular flexibility index (Phi) is 12.4. The summed E-state index contributed by atoms with van der Waals surface area (Å²) in [5, 5.41) is 0. The normalized spacial score (nSPS) is 14.1. The molecule has 14 heteroatoms. The maximum absolute atomic E-state index is 14.3. The summed E-state index contributed by atoms with van der Waals surface area (Å²) in [5.41, 5.74) is 2.58. The van der Waals surface area contributed by atoms with Gasteiger partial charge in [0.15, 0.2) is 34.4 Å². The lowest BCUT2D eigenvalue weighted by atomic mass is 9.95. The number of carbonyl (C=O) groups is 2. The minimum absolute atomic E-state index is 0.139. The van der Waals surface area contributed by atoms with Crippen LogP contribution in [-0.4, -0.2) is 50.5 Å². The number of aromatic nitrogens is 1. The predicted molar refractivity (Wildman–Crippen MR) is 200 cm³/mol. The van der Waals surface area contributed by atoms with E-state index in [2.05, 4.69) is 43.5 Å². The Morgan fingerprint density at radius 3 is 2.42 bits per heavy atom. The molecule has 0 saturated heterocycles. The summed E-state index contributed by atoms with van der Waals surface area (Å²) in [6.45, 7) is 5.71. The number of benzene rings is 3. The molecule has 0 amide bonds. The van der Waals surface area contributed by atoms with Crippen LogP contribution in [0.25, 0.3) is 6.08 Å². The summed E-state index contributed by atoms with van der Waals surface area (Å²) in [4.78, 5) is 44.5. The molecular formula is C36H34BrIN2O9S. The molecular weight excluding hydrogens is 843 g/mol. The van der Waals surface area contributed by atoms with Crippen molar-refractivity contribution in [2.75, 3.05) is 34.0 Å². The van der Waals surface area contributed by atoms with Crippen LogP contribution in [-0.2, 0) is 25.7 Å². The van der Waals surface area contributed by atoms with E-state index in [0.717, 1.165) is 19.2 Å². The van der Waals surface area contributed by atoms with Crippen LogP contribution in [0.5, 0.6) is 23.0 Å². The number of carbonyl (C=O) groups excluding carboxylic acids is 2. The number of allylic oxidation sites excluding steroid dienone is 1. The van der Waals surface area contributed by atoms with Crippen molar-refractivity contribution in [2.45, 2.75) is 33.4 Å². The van der Waals surface area contributed by atoms with Crippen LogP contribution in [0.4, 0.5) is 0 Å². The van der Waals surface area contributed by atoms with Gasteiger partial charge in [0.1, 0.15) is 6.61 Å².